The lowest BCUT2D eigenvalue weighted by Crippen LogP contribution is -2.31. The lowest BCUT2D eigenvalue weighted by atomic mass is 10.1. The maximum absolute atomic E-state index is 12.0. The van der Waals surface area contributed by atoms with Gasteiger partial charge in [0.2, 0.25) is 15.9 Å². The molecule has 110 valence electrons. The van der Waals surface area contributed by atoms with E-state index in [1.54, 1.807) is 11.9 Å². The topological polar surface area (TPSA) is 66.5 Å². The third kappa shape index (κ3) is 4.05. The van der Waals surface area contributed by atoms with E-state index in [1.165, 1.54) is 0 Å². The summed E-state index contributed by atoms with van der Waals surface area (Å²) < 4.78 is 26.6. The summed E-state index contributed by atoms with van der Waals surface area (Å²) in [6.45, 7) is 2.90. The molecule has 1 aromatic carbocycles. The van der Waals surface area contributed by atoms with E-state index < -0.39 is 10.0 Å². The van der Waals surface area contributed by atoms with Crippen LogP contribution in [0.25, 0.3) is 0 Å². The Labute approximate surface area is 120 Å². The number of aryl methyl sites for hydroxylation is 1. The fourth-order valence-corrected chi connectivity index (χ4v) is 3.52. The van der Waals surface area contributed by atoms with E-state index in [0.29, 0.717) is 19.5 Å². The van der Waals surface area contributed by atoms with Crippen LogP contribution in [0.5, 0.6) is 0 Å². The van der Waals surface area contributed by atoms with Gasteiger partial charge in [-0.15, -0.1) is 0 Å². The molecule has 1 heterocycles. The predicted octanol–water partition coefficient (Wildman–Crippen LogP) is 0.893. The molecule has 0 aromatic heterocycles. The maximum atomic E-state index is 12.0. The Bertz CT molecular complexity index is 581. The standard InChI is InChI=1S/C14H20N2O3S/c1-11-3-5-12(6-4-11)10-20(18,19)15-8-13-7-14(17)16(2)9-13/h3-6,13,15H,7-10H2,1-2H3. The van der Waals surface area contributed by atoms with Crippen LogP contribution in [0.2, 0.25) is 0 Å². The quantitative estimate of drug-likeness (QED) is 0.877. The smallest absolute Gasteiger partial charge is 0.222 e. The van der Waals surface area contributed by atoms with Crippen molar-refractivity contribution in [1.29, 1.82) is 0 Å². The summed E-state index contributed by atoms with van der Waals surface area (Å²) in [5.74, 6) is 0.122. The Kier molecular flexibility index (Phi) is 4.45. The normalized spacial score (nSPS) is 19.6. The number of sulfonamides is 1. The molecule has 1 atom stereocenters. The molecule has 1 aromatic rings. The summed E-state index contributed by atoms with van der Waals surface area (Å²) in [5, 5.41) is 0. The minimum absolute atomic E-state index is 0.0240. The minimum Gasteiger partial charge on any atom is -0.345 e. The number of likely N-dealkylation sites (tertiary alicyclic amines) is 1. The Balaban J connectivity index is 1.88. The van der Waals surface area contributed by atoms with Gasteiger partial charge in [-0.1, -0.05) is 29.8 Å². The SMILES string of the molecule is Cc1ccc(CS(=O)(=O)NCC2CC(=O)N(C)C2)cc1. The summed E-state index contributed by atoms with van der Waals surface area (Å²) >= 11 is 0. The van der Waals surface area contributed by atoms with Crippen molar-refractivity contribution in [2.45, 2.75) is 19.1 Å². The van der Waals surface area contributed by atoms with Crippen molar-refractivity contribution >= 4 is 15.9 Å². The van der Waals surface area contributed by atoms with Crippen molar-refractivity contribution in [2.75, 3.05) is 20.1 Å². The third-order valence-corrected chi connectivity index (χ3v) is 4.81. The molecule has 0 saturated carbocycles. The van der Waals surface area contributed by atoms with Gasteiger partial charge in [0.15, 0.2) is 0 Å². The van der Waals surface area contributed by atoms with Crippen LogP contribution in [0.15, 0.2) is 24.3 Å². The summed E-state index contributed by atoms with van der Waals surface area (Å²) in [7, 11) is -1.61. The molecular formula is C14H20N2O3S. The number of rotatable bonds is 5. The molecule has 1 unspecified atom stereocenters. The molecule has 1 amide bonds. The highest BCUT2D eigenvalue weighted by molar-refractivity contribution is 7.88. The van der Waals surface area contributed by atoms with E-state index in [-0.39, 0.29) is 17.6 Å². The molecule has 1 fully saturated rings. The highest BCUT2D eigenvalue weighted by Gasteiger charge is 2.27. The van der Waals surface area contributed by atoms with E-state index in [4.69, 9.17) is 0 Å². The van der Waals surface area contributed by atoms with Gasteiger partial charge in [-0.2, -0.15) is 0 Å². The number of carbonyl (C=O) groups excluding carboxylic acids is 1. The molecule has 0 radical (unpaired) electrons. The molecule has 1 N–H and O–H groups in total. The number of hydrogen-bond acceptors (Lipinski definition) is 3. The number of amides is 1. The monoisotopic (exact) mass is 296 g/mol. The van der Waals surface area contributed by atoms with Crippen LogP contribution in [0.1, 0.15) is 17.5 Å². The van der Waals surface area contributed by atoms with Gasteiger partial charge in [0.25, 0.3) is 0 Å². The van der Waals surface area contributed by atoms with Crippen LogP contribution in [-0.4, -0.2) is 39.4 Å². The molecule has 0 bridgehead atoms. The summed E-state index contributed by atoms with van der Waals surface area (Å²) in [4.78, 5) is 13.0. The fraction of sp³-hybridized carbons (Fsp3) is 0.500. The summed E-state index contributed by atoms with van der Waals surface area (Å²) in [6, 6.07) is 7.44. The second-order valence-electron chi connectivity index (χ2n) is 5.44. The van der Waals surface area contributed by atoms with Crippen molar-refractivity contribution in [3.63, 3.8) is 0 Å². The number of carbonyl (C=O) groups is 1. The van der Waals surface area contributed by atoms with Crippen molar-refractivity contribution in [3.8, 4) is 0 Å². The maximum Gasteiger partial charge on any atom is 0.222 e. The fourth-order valence-electron chi connectivity index (χ4n) is 2.29. The van der Waals surface area contributed by atoms with E-state index in [1.807, 2.05) is 31.2 Å². The molecule has 1 saturated heterocycles. The van der Waals surface area contributed by atoms with Crippen LogP contribution in [0, 0.1) is 12.8 Å². The van der Waals surface area contributed by atoms with Crippen LogP contribution < -0.4 is 4.72 Å². The van der Waals surface area contributed by atoms with Gasteiger partial charge < -0.3 is 4.90 Å². The molecule has 0 aliphatic carbocycles. The van der Waals surface area contributed by atoms with E-state index in [2.05, 4.69) is 4.72 Å². The molecule has 1 aliphatic rings. The first kappa shape index (κ1) is 15.0. The highest BCUT2D eigenvalue weighted by atomic mass is 32.2. The Morgan fingerprint density at radius 3 is 2.50 bits per heavy atom. The Hall–Kier alpha value is -1.40. The summed E-state index contributed by atoms with van der Waals surface area (Å²) in [6.07, 6.45) is 0.420. The lowest BCUT2D eigenvalue weighted by Gasteiger charge is -2.12. The average Bonchev–Trinajstić information content (AvgIpc) is 2.69. The second kappa shape index (κ2) is 5.93. The van der Waals surface area contributed by atoms with Gasteiger partial charge >= 0.3 is 0 Å². The van der Waals surface area contributed by atoms with Gasteiger partial charge in [0, 0.05) is 26.6 Å². The molecule has 0 spiro atoms. The zero-order valence-corrected chi connectivity index (χ0v) is 12.6. The lowest BCUT2D eigenvalue weighted by molar-refractivity contribution is -0.126. The molecule has 5 nitrogen and oxygen atoms in total. The summed E-state index contributed by atoms with van der Waals surface area (Å²) in [5.41, 5.74) is 1.87. The Morgan fingerprint density at radius 1 is 1.30 bits per heavy atom. The van der Waals surface area contributed by atoms with E-state index >= 15 is 0 Å². The predicted molar refractivity (Wildman–Crippen MR) is 77.5 cm³/mol. The van der Waals surface area contributed by atoms with Crippen molar-refractivity contribution < 1.29 is 13.2 Å². The third-order valence-electron chi connectivity index (χ3n) is 3.49. The number of nitrogens with one attached hydrogen (secondary N) is 1. The minimum atomic E-state index is -3.35. The zero-order chi connectivity index (χ0) is 14.8. The van der Waals surface area contributed by atoms with Gasteiger partial charge in [-0.25, -0.2) is 13.1 Å². The van der Waals surface area contributed by atoms with E-state index in [0.717, 1.165) is 11.1 Å². The van der Waals surface area contributed by atoms with Crippen molar-refractivity contribution in [3.05, 3.63) is 35.4 Å². The van der Waals surface area contributed by atoms with Crippen LogP contribution >= 0.6 is 0 Å². The first-order valence-electron chi connectivity index (χ1n) is 6.62. The number of benzene rings is 1. The Morgan fingerprint density at radius 2 is 1.95 bits per heavy atom. The van der Waals surface area contributed by atoms with Gasteiger partial charge in [-0.3, -0.25) is 4.79 Å². The largest absolute Gasteiger partial charge is 0.345 e. The zero-order valence-electron chi connectivity index (χ0n) is 11.8. The molecule has 1 aliphatic heterocycles. The average molecular weight is 296 g/mol. The first-order chi connectivity index (χ1) is 9.35. The van der Waals surface area contributed by atoms with Gasteiger partial charge in [0.1, 0.15) is 0 Å². The molecule has 6 heteroatoms. The van der Waals surface area contributed by atoms with Crippen LogP contribution in [0.4, 0.5) is 0 Å². The number of nitrogens with zero attached hydrogens (tertiary/aromatic N) is 1. The van der Waals surface area contributed by atoms with Crippen molar-refractivity contribution in [1.82, 2.24) is 9.62 Å². The van der Waals surface area contributed by atoms with Crippen molar-refractivity contribution in [2.24, 2.45) is 5.92 Å². The molecule has 20 heavy (non-hydrogen) atoms. The van der Waals surface area contributed by atoms with Gasteiger partial charge in [0.05, 0.1) is 5.75 Å². The van der Waals surface area contributed by atoms with Crippen LogP contribution in [0.3, 0.4) is 0 Å². The highest BCUT2D eigenvalue weighted by Crippen LogP contribution is 2.15. The van der Waals surface area contributed by atoms with E-state index in [9.17, 15) is 13.2 Å². The molecular weight excluding hydrogens is 276 g/mol. The first-order valence-corrected chi connectivity index (χ1v) is 8.28. The van der Waals surface area contributed by atoms with Gasteiger partial charge in [-0.05, 0) is 18.4 Å². The molecule has 2 rings (SSSR count). The second-order valence-corrected chi connectivity index (χ2v) is 7.24. The number of hydrogen-bond donors (Lipinski definition) is 1. The van der Waals surface area contributed by atoms with Crippen LogP contribution in [-0.2, 0) is 20.6 Å².